The van der Waals surface area contributed by atoms with E-state index in [4.69, 9.17) is 21.1 Å². The Balaban J connectivity index is 1.90. The molecule has 0 aliphatic carbocycles. The highest BCUT2D eigenvalue weighted by Crippen LogP contribution is 2.39. The van der Waals surface area contributed by atoms with E-state index in [-0.39, 0.29) is 10.7 Å². The number of alkyl halides is 3. The molecular formula is C24H18ClF3N2O2. The molecule has 1 aromatic heterocycles. The zero-order chi connectivity index (χ0) is 22.9. The van der Waals surface area contributed by atoms with Gasteiger partial charge in [-0.2, -0.15) is 13.2 Å². The number of ether oxygens (including phenoxy) is 2. The van der Waals surface area contributed by atoms with Crippen molar-refractivity contribution in [2.45, 2.75) is 6.18 Å². The number of fused-ring (bicyclic) bond motifs is 1. The van der Waals surface area contributed by atoms with Crippen LogP contribution in [0.25, 0.3) is 22.0 Å². The largest absolute Gasteiger partial charge is 0.493 e. The van der Waals surface area contributed by atoms with E-state index in [1.54, 1.807) is 12.1 Å². The minimum Gasteiger partial charge on any atom is -0.493 e. The number of halogens is 4. The van der Waals surface area contributed by atoms with E-state index in [1.165, 1.54) is 26.4 Å². The third kappa shape index (κ3) is 4.29. The molecule has 0 atom stereocenters. The molecule has 0 unspecified atom stereocenters. The van der Waals surface area contributed by atoms with Crippen molar-refractivity contribution in [3.63, 3.8) is 0 Å². The van der Waals surface area contributed by atoms with Crippen LogP contribution < -0.4 is 14.8 Å². The van der Waals surface area contributed by atoms with Crippen LogP contribution in [0.15, 0.2) is 66.7 Å². The summed E-state index contributed by atoms with van der Waals surface area (Å²) in [6, 6.07) is 18.5. The average Bonchev–Trinajstić information content (AvgIpc) is 2.79. The highest BCUT2D eigenvalue weighted by Gasteiger charge is 2.33. The van der Waals surface area contributed by atoms with Gasteiger partial charge < -0.3 is 14.8 Å². The molecule has 0 amide bonds. The van der Waals surface area contributed by atoms with Gasteiger partial charge in [0, 0.05) is 16.6 Å². The van der Waals surface area contributed by atoms with Gasteiger partial charge in [0.25, 0.3) is 0 Å². The zero-order valence-electron chi connectivity index (χ0n) is 17.1. The van der Waals surface area contributed by atoms with Crippen LogP contribution in [0.3, 0.4) is 0 Å². The van der Waals surface area contributed by atoms with Gasteiger partial charge in [0.2, 0.25) is 0 Å². The van der Waals surface area contributed by atoms with Crippen LogP contribution in [0.2, 0.25) is 5.02 Å². The maximum atomic E-state index is 13.3. The first-order valence-electron chi connectivity index (χ1n) is 9.56. The Labute approximate surface area is 187 Å². The van der Waals surface area contributed by atoms with Crippen molar-refractivity contribution in [3.05, 3.63) is 77.3 Å². The Kier molecular flexibility index (Phi) is 5.84. The molecule has 1 N–H and O–H groups in total. The summed E-state index contributed by atoms with van der Waals surface area (Å²) in [5.74, 6) is 1.38. The fourth-order valence-corrected chi connectivity index (χ4v) is 3.61. The molecule has 3 aromatic carbocycles. The lowest BCUT2D eigenvalue weighted by Crippen LogP contribution is -2.07. The van der Waals surface area contributed by atoms with Gasteiger partial charge in [-0.1, -0.05) is 41.9 Å². The summed E-state index contributed by atoms with van der Waals surface area (Å²) >= 11 is 5.76. The van der Waals surface area contributed by atoms with E-state index in [1.807, 2.05) is 36.4 Å². The van der Waals surface area contributed by atoms with Crippen LogP contribution in [0, 0.1) is 0 Å². The minimum atomic E-state index is -4.58. The van der Waals surface area contributed by atoms with Crippen molar-refractivity contribution >= 4 is 33.9 Å². The number of nitrogens with zero attached hydrogens (tertiary/aromatic N) is 1. The van der Waals surface area contributed by atoms with Crippen LogP contribution in [-0.2, 0) is 6.18 Å². The Morgan fingerprint density at radius 1 is 0.875 bits per heavy atom. The number of nitrogens with one attached hydrogen (secondary N) is 1. The van der Waals surface area contributed by atoms with Crippen LogP contribution in [0.4, 0.5) is 24.7 Å². The van der Waals surface area contributed by atoms with Gasteiger partial charge >= 0.3 is 6.18 Å². The first-order valence-corrected chi connectivity index (χ1v) is 9.94. The molecule has 0 spiro atoms. The summed E-state index contributed by atoms with van der Waals surface area (Å²) in [5, 5.41) is 4.09. The molecule has 0 fully saturated rings. The highest BCUT2D eigenvalue weighted by molar-refractivity contribution is 6.31. The molecule has 0 saturated heterocycles. The summed E-state index contributed by atoms with van der Waals surface area (Å²) in [5.41, 5.74) is 0.791. The smallest absolute Gasteiger partial charge is 0.417 e. The minimum absolute atomic E-state index is 0.204. The number of pyridine rings is 1. The first-order chi connectivity index (χ1) is 15.3. The molecule has 0 aliphatic heterocycles. The van der Waals surface area contributed by atoms with Crippen molar-refractivity contribution in [1.82, 2.24) is 4.98 Å². The molecule has 4 rings (SSSR count). The maximum absolute atomic E-state index is 13.3. The third-order valence-corrected chi connectivity index (χ3v) is 5.27. The van der Waals surface area contributed by atoms with Crippen molar-refractivity contribution in [3.8, 4) is 22.8 Å². The standard InChI is InChI=1S/C24H18ClF3N2O2/c1-31-21-11-15-10-20(14-6-4-3-5-7-14)30-23(17(15)13-22(21)32-2)29-16-8-9-19(25)18(12-16)24(26,27)28/h3-13H,1-2H3,(H,29,30). The average molecular weight is 459 g/mol. The first kappa shape index (κ1) is 21.8. The molecule has 32 heavy (non-hydrogen) atoms. The third-order valence-electron chi connectivity index (χ3n) is 4.94. The number of hydrogen-bond donors (Lipinski definition) is 1. The van der Waals surface area contributed by atoms with Crippen molar-refractivity contribution in [2.24, 2.45) is 0 Å². The van der Waals surface area contributed by atoms with Crippen LogP contribution >= 0.6 is 11.6 Å². The second kappa shape index (κ2) is 8.59. The molecule has 164 valence electrons. The van der Waals surface area contributed by atoms with E-state index in [0.29, 0.717) is 28.4 Å². The molecule has 1 heterocycles. The molecule has 4 aromatic rings. The number of rotatable bonds is 5. The van der Waals surface area contributed by atoms with Gasteiger partial charge in [0.15, 0.2) is 11.5 Å². The Morgan fingerprint density at radius 2 is 1.56 bits per heavy atom. The van der Waals surface area contributed by atoms with Crippen LogP contribution in [0.1, 0.15) is 5.56 Å². The summed E-state index contributed by atoms with van der Waals surface area (Å²) in [6.45, 7) is 0. The van der Waals surface area contributed by atoms with Gasteiger partial charge in [-0.05, 0) is 41.8 Å². The van der Waals surface area contributed by atoms with Crippen LogP contribution in [-0.4, -0.2) is 19.2 Å². The van der Waals surface area contributed by atoms with Crippen LogP contribution in [0.5, 0.6) is 11.5 Å². The maximum Gasteiger partial charge on any atom is 0.417 e. The summed E-state index contributed by atoms with van der Waals surface area (Å²) in [6.07, 6.45) is -4.58. The van der Waals surface area contributed by atoms with Gasteiger partial charge in [0.05, 0.1) is 30.5 Å². The SMILES string of the molecule is COc1cc2cc(-c3ccccc3)nc(Nc3ccc(Cl)c(C(F)(F)F)c3)c2cc1OC. The van der Waals surface area contributed by atoms with Gasteiger partial charge in [-0.25, -0.2) is 4.98 Å². The predicted molar refractivity (Wildman–Crippen MR) is 120 cm³/mol. The summed E-state index contributed by atoms with van der Waals surface area (Å²) < 4.78 is 50.8. The second-order valence-electron chi connectivity index (χ2n) is 6.97. The molecule has 0 bridgehead atoms. The van der Waals surface area contributed by atoms with E-state index < -0.39 is 11.7 Å². The molecule has 4 nitrogen and oxygen atoms in total. The van der Waals surface area contributed by atoms with E-state index in [0.717, 1.165) is 17.0 Å². The number of hydrogen-bond acceptors (Lipinski definition) is 4. The van der Waals surface area contributed by atoms with Crippen molar-refractivity contribution < 1.29 is 22.6 Å². The monoisotopic (exact) mass is 458 g/mol. The molecule has 8 heteroatoms. The van der Waals surface area contributed by atoms with Crippen molar-refractivity contribution in [2.75, 3.05) is 19.5 Å². The quantitative estimate of drug-likeness (QED) is 0.340. The summed E-state index contributed by atoms with van der Waals surface area (Å²) in [4.78, 5) is 4.69. The Hall–Kier alpha value is -3.45. The van der Waals surface area contributed by atoms with Gasteiger partial charge in [0.1, 0.15) is 5.82 Å². The Bertz CT molecular complexity index is 1280. The molecular weight excluding hydrogens is 441 g/mol. The van der Waals surface area contributed by atoms with Gasteiger partial charge in [-0.3, -0.25) is 0 Å². The summed E-state index contributed by atoms with van der Waals surface area (Å²) in [7, 11) is 3.05. The van der Waals surface area contributed by atoms with Crippen molar-refractivity contribution in [1.29, 1.82) is 0 Å². The Morgan fingerprint density at radius 3 is 2.22 bits per heavy atom. The predicted octanol–water partition coefficient (Wildman–Crippen LogP) is 7.33. The number of anilines is 2. The lowest BCUT2D eigenvalue weighted by molar-refractivity contribution is -0.137. The number of methoxy groups -OCH3 is 2. The fourth-order valence-electron chi connectivity index (χ4n) is 3.39. The van der Waals surface area contributed by atoms with E-state index >= 15 is 0 Å². The number of benzene rings is 3. The molecule has 0 saturated carbocycles. The molecule has 0 aliphatic rings. The normalized spacial score (nSPS) is 11.4. The van der Waals surface area contributed by atoms with E-state index in [9.17, 15) is 13.2 Å². The topological polar surface area (TPSA) is 43.4 Å². The van der Waals surface area contributed by atoms with Gasteiger partial charge in [-0.15, -0.1) is 0 Å². The molecule has 0 radical (unpaired) electrons. The second-order valence-corrected chi connectivity index (χ2v) is 7.38. The lowest BCUT2D eigenvalue weighted by Gasteiger charge is -2.16. The fraction of sp³-hybridized carbons (Fsp3) is 0.125. The zero-order valence-corrected chi connectivity index (χ0v) is 17.9. The lowest BCUT2D eigenvalue weighted by atomic mass is 10.1. The highest BCUT2D eigenvalue weighted by atomic mass is 35.5. The van der Waals surface area contributed by atoms with E-state index in [2.05, 4.69) is 10.3 Å². The number of aromatic nitrogens is 1.